The van der Waals surface area contributed by atoms with Gasteiger partial charge in [-0.25, -0.2) is 9.79 Å². The molecule has 2 aromatic rings. The Balaban J connectivity index is 1.66. The molecule has 0 saturated carbocycles. The fourth-order valence-corrected chi connectivity index (χ4v) is 5.18. The lowest BCUT2D eigenvalue weighted by Gasteiger charge is -2.37. The lowest BCUT2D eigenvalue weighted by atomic mass is 9.91. The summed E-state index contributed by atoms with van der Waals surface area (Å²) in [5.74, 6) is -0.504. The van der Waals surface area contributed by atoms with E-state index in [2.05, 4.69) is 5.32 Å². The average Bonchev–Trinajstić information content (AvgIpc) is 3.17. The zero-order valence-corrected chi connectivity index (χ0v) is 21.0. The summed E-state index contributed by atoms with van der Waals surface area (Å²) in [5.41, 5.74) is 7.05. The number of aryl methyl sites for hydroxylation is 3. The molecule has 1 unspecified atom stereocenters. The minimum Gasteiger partial charge on any atom is -0.463 e. The number of carbonyl (C=O) groups is 2. The minimum absolute atomic E-state index is 0.121. The average molecular weight is 476 g/mol. The first-order chi connectivity index (χ1) is 16.3. The highest BCUT2D eigenvalue weighted by atomic mass is 32.2. The summed E-state index contributed by atoms with van der Waals surface area (Å²) in [7, 11) is 0. The van der Waals surface area contributed by atoms with Crippen molar-refractivity contribution in [2.24, 2.45) is 4.99 Å². The van der Waals surface area contributed by atoms with Crippen molar-refractivity contribution in [3.8, 4) is 0 Å². The molecule has 2 aromatic carbocycles. The van der Waals surface area contributed by atoms with Gasteiger partial charge in [-0.05, 0) is 74.4 Å². The molecule has 6 nitrogen and oxygen atoms in total. The van der Waals surface area contributed by atoms with Crippen LogP contribution in [0, 0.1) is 20.8 Å². The van der Waals surface area contributed by atoms with Gasteiger partial charge >= 0.3 is 5.97 Å². The number of benzene rings is 2. The molecule has 34 heavy (non-hydrogen) atoms. The molecule has 2 heterocycles. The fraction of sp³-hybridized carbons (Fsp3) is 0.296. The molecule has 0 spiro atoms. The van der Waals surface area contributed by atoms with Crippen LogP contribution in [0.15, 0.2) is 69.8 Å². The minimum atomic E-state index is -0.414. The summed E-state index contributed by atoms with van der Waals surface area (Å²) in [6.07, 6.45) is 0.163. The van der Waals surface area contributed by atoms with E-state index >= 15 is 0 Å². The second-order valence-corrected chi connectivity index (χ2v) is 9.33. The molecule has 1 atom stereocenters. The van der Waals surface area contributed by atoms with E-state index in [0.717, 1.165) is 33.2 Å². The maximum atomic E-state index is 13.0. The van der Waals surface area contributed by atoms with E-state index in [4.69, 9.17) is 9.73 Å². The van der Waals surface area contributed by atoms with E-state index in [0.29, 0.717) is 11.3 Å². The molecule has 4 rings (SSSR count). The predicted molar refractivity (Wildman–Crippen MR) is 137 cm³/mol. The molecule has 1 amide bonds. The van der Waals surface area contributed by atoms with Crippen LogP contribution in [0.5, 0.6) is 0 Å². The van der Waals surface area contributed by atoms with Crippen LogP contribution in [0.2, 0.25) is 0 Å². The summed E-state index contributed by atoms with van der Waals surface area (Å²) in [6, 6.07) is 13.5. The SMILES string of the molecule is CCOC(=O)C1=C(C)N=C2SC=C(CC(=O)Nc3ccc(C)c(C)c3)N2C1c1ccccc1C. The van der Waals surface area contributed by atoms with Crippen LogP contribution < -0.4 is 5.32 Å². The second-order valence-electron chi connectivity index (χ2n) is 8.49. The number of nitrogens with one attached hydrogen (secondary N) is 1. The van der Waals surface area contributed by atoms with Crippen molar-refractivity contribution in [3.05, 3.63) is 87.1 Å². The Kier molecular flexibility index (Phi) is 6.93. The number of ether oxygens (including phenoxy) is 1. The third-order valence-electron chi connectivity index (χ3n) is 6.11. The quantitative estimate of drug-likeness (QED) is 0.537. The Hall–Kier alpha value is -3.32. The van der Waals surface area contributed by atoms with Crippen LogP contribution in [0.4, 0.5) is 5.69 Å². The molecule has 0 bridgehead atoms. The van der Waals surface area contributed by atoms with Crippen molar-refractivity contribution >= 4 is 34.5 Å². The number of allylic oxidation sites excluding steroid dienone is 1. The molecule has 0 radical (unpaired) electrons. The van der Waals surface area contributed by atoms with Gasteiger partial charge in [0.15, 0.2) is 5.17 Å². The topological polar surface area (TPSA) is 71.0 Å². The standard InChI is InChI=1S/C27H29N3O3S/c1-6-33-26(32)24-19(5)28-27-30(25(24)22-10-8-7-9-17(22)3)21(15-34-27)14-23(31)29-20-12-11-16(2)18(4)13-20/h7-13,15,25H,6,14H2,1-5H3,(H,29,31). The zero-order chi connectivity index (χ0) is 24.4. The van der Waals surface area contributed by atoms with Crippen LogP contribution in [0.1, 0.15) is 48.6 Å². The van der Waals surface area contributed by atoms with Crippen LogP contribution in [0.3, 0.4) is 0 Å². The molecular formula is C27H29N3O3S. The predicted octanol–water partition coefficient (Wildman–Crippen LogP) is 5.78. The van der Waals surface area contributed by atoms with Gasteiger partial charge in [0, 0.05) is 11.4 Å². The van der Waals surface area contributed by atoms with Gasteiger partial charge in [-0.1, -0.05) is 42.1 Å². The number of anilines is 1. The number of thioether (sulfide) groups is 1. The number of rotatable bonds is 6. The van der Waals surface area contributed by atoms with E-state index in [-0.39, 0.29) is 24.9 Å². The highest BCUT2D eigenvalue weighted by Gasteiger charge is 2.41. The Morgan fingerprint density at radius 2 is 1.82 bits per heavy atom. The molecular weight excluding hydrogens is 446 g/mol. The molecule has 2 aliphatic heterocycles. The van der Waals surface area contributed by atoms with Crippen molar-refractivity contribution in [1.29, 1.82) is 0 Å². The molecule has 0 aromatic heterocycles. The highest BCUT2D eigenvalue weighted by Crippen LogP contribution is 2.45. The van der Waals surface area contributed by atoms with Crippen LogP contribution in [-0.2, 0) is 14.3 Å². The van der Waals surface area contributed by atoms with Crippen molar-refractivity contribution in [2.75, 3.05) is 11.9 Å². The van der Waals surface area contributed by atoms with Crippen molar-refractivity contribution in [3.63, 3.8) is 0 Å². The van der Waals surface area contributed by atoms with Gasteiger partial charge in [0.1, 0.15) is 0 Å². The first-order valence-corrected chi connectivity index (χ1v) is 12.2. The van der Waals surface area contributed by atoms with E-state index < -0.39 is 6.04 Å². The normalized spacial score (nSPS) is 17.2. The molecule has 7 heteroatoms. The van der Waals surface area contributed by atoms with E-state index in [9.17, 15) is 9.59 Å². The Morgan fingerprint density at radius 3 is 2.53 bits per heavy atom. The molecule has 176 valence electrons. The lowest BCUT2D eigenvalue weighted by Crippen LogP contribution is -2.37. The largest absolute Gasteiger partial charge is 0.463 e. The summed E-state index contributed by atoms with van der Waals surface area (Å²) in [5, 5.41) is 5.71. The van der Waals surface area contributed by atoms with Gasteiger partial charge in [0.2, 0.25) is 5.91 Å². The third-order valence-corrected chi connectivity index (χ3v) is 7.00. The lowest BCUT2D eigenvalue weighted by molar-refractivity contribution is -0.139. The number of hydrogen-bond acceptors (Lipinski definition) is 6. The van der Waals surface area contributed by atoms with Gasteiger partial charge in [-0.2, -0.15) is 0 Å². The number of aliphatic imine (C=N–C) groups is 1. The molecule has 0 fully saturated rings. The van der Waals surface area contributed by atoms with Gasteiger partial charge < -0.3 is 15.0 Å². The molecule has 2 aliphatic rings. The second kappa shape index (κ2) is 9.89. The van der Waals surface area contributed by atoms with Crippen LogP contribution in [0.25, 0.3) is 0 Å². The summed E-state index contributed by atoms with van der Waals surface area (Å²) >= 11 is 1.47. The van der Waals surface area contributed by atoms with E-state index in [1.807, 2.05) is 80.5 Å². The third kappa shape index (κ3) is 4.66. The molecule has 0 saturated heterocycles. The highest BCUT2D eigenvalue weighted by molar-refractivity contribution is 8.16. The number of amidine groups is 1. The van der Waals surface area contributed by atoms with Gasteiger partial charge in [-0.3, -0.25) is 4.79 Å². The molecule has 1 N–H and O–H groups in total. The summed E-state index contributed by atoms with van der Waals surface area (Å²) in [4.78, 5) is 32.7. The smallest absolute Gasteiger partial charge is 0.338 e. The maximum Gasteiger partial charge on any atom is 0.338 e. The van der Waals surface area contributed by atoms with E-state index in [1.165, 1.54) is 17.3 Å². The first-order valence-electron chi connectivity index (χ1n) is 11.3. The molecule has 0 aliphatic carbocycles. The Labute approximate surface area is 204 Å². The van der Waals surface area contributed by atoms with E-state index in [1.54, 1.807) is 6.92 Å². The number of esters is 1. The number of carbonyl (C=O) groups excluding carboxylic acids is 2. The Morgan fingerprint density at radius 1 is 1.06 bits per heavy atom. The Bertz CT molecular complexity index is 1250. The van der Waals surface area contributed by atoms with Gasteiger partial charge in [0.25, 0.3) is 0 Å². The van der Waals surface area contributed by atoms with Gasteiger partial charge in [0.05, 0.1) is 30.3 Å². The van der Waals surface area contributed by atoms with Crippen molar-refractivity contribution < 1.29 is 14.3 Å². The summed E-state index contributed by atoms with van der Waals surface area (Å²) in [6.45, 7) is 10.0. The monoisotopic (exact) mass is 475 g/mol. The number of fused-ring (bicyclic) bond motifs is 1. The fourth-order valence-electron chi connectivity index (χ4n) is 4.22. The van der Waals surface area contributed by atoms with Gasteiger partial charge in [-0.15, -0.1) is 0 Å². The summed E-state index contributed by atoms with van der Waals surface area (Å²) < 4.78 is 5.41. The zero-order valence-electron chi connectivity index (χ0n) is 20.1. The number of hydrogen-bond donors (Lipinski definition) is 1. The first kappa shape index (κ1) is 23.8. The number of nitrogens with zero attached hydrogens (tertiary/aromatic N) is 2. The van der Waals surface area contributed by atoms with Crippen molar-refractivity contribution in [1.82, 2.24) is 4.90 Å². The van der Waals surface area contributed by atoms with Crippen LogP contribution in [-0.4, -0.2) is 28.6 Å². The maximum absolute atomic E-state index is 13.0. The van der Waals surface area contributed by atoms with Crippen LogP contribution >= 0.6 is 11.8 Å². The van der Waals surface area contributed by atoms with Crippen molar-refractivity contribution in [2.45, 2.75) is 47.1 Å². The number of amides is 1.